The van der Waals surface area contributed by atoms with Gasteiger partial charge in [0, 0.05) is 37.5 Å². The smallest absolute Gasteiger partial charge is 0.230 e. The van der Waals surface area contributed by atoms with Crippen LogP contribution in [0.4, 0.5) is 11.6 Å². The monoisotopic (exact) mass is 384 g/mol. The normalized spacial score (nSPS) is 11.1. The molecule has 1 unspecified atom stereocenters. The Balaban J connectivity index is 1.69. The second-order valence-electron chi connectivity index (χ2n) is 6.89. The zero-order valence-electron chi connectivity index (χ0n) is 16.9. The summed E-state index contributed by atoms with van der Waals surface area (Å²) in [6.07, 6.45) is 2.51. The van der Waals surface area contributed by atoms with E-state index in [0.29, 0.717) is 11.6 Å². The zero-order valence-corrected chi connectivity index (χ0v) is 16.9. The van der Waals surface area contributed by atoms with Crippen molar-refractivity contribution >= 4 is 17.5 Å². The number of anilines is 2. The number of amides is 1. The Labute approximate surface area is 171 Å². The molecule has 0 fully saturated rings. The zero-order chi connectivity index (χ0) is 20.6. The highest BCUT2D eigenvalue weighted by Gasteiger charge is 2.07. The van der Waals surface area contributed by atoms with Crippen LogP contribution >= 0.6 is 0 Å². The van der Waals surface area contributed by atoms with Crippen LogP contribution in [0.3, 0.4) is 0 Å². The number of para-hydroxylation sites is 1. The largest absolute Gasteiger partial charge is 0.354 e. The van der Waals surface area contributed by atoms with E-state index in [4.69, 9.17) is 0 Å². The van der Waals surface area contributed by atoms with E-state index in [9.17, 15) is 4.79 Å². The van der Waals surface area contributed by atoms with Gasteiger partial charge in [-0.15, -0.1) is 0 Å². The van der Waals surface area contributed by atoms with Crippen LogP contribution in [0.5, 0.6) is 0 Å². The molecule has 0 spiro atoms. The summed E-state index contributed by atoms with van der Waals surface area (Å²) in [4.78, 5) is 21.9. The van der Waals surface area contributed by atoms with E-state index in [1.54, 1.807) is 12.3 Å². The van der Waals surface area contributed by atoms with Crippen molar-refractivity contribution in [1.82, 2.24) is 15.3 Å². The lowest BCUT2D eigenvalue weighted by Gasteiger charge is -2.16. The quantitative estimate of drug-likeness (QED) is 0.682. The fraction of sp³-hybridized carbons (Fsp3) is 0.208. The summed E-state index contributed by atoms with van der Waals surface area (Å²) in [5.74, 6) is 6.85. The molecule has 1 amide bonds. The summed E-state index contributed by atoms with van der Waals surface area (Å²) in [6, 6.07) is 19.9. The number of rotatable bonds is 5. The first kappa shape index (κ1) is 20.1. The Morgan fingerprint density at radius 1 is 1.07 bits per heavy atom. The molecule has 3 rings (SSSR count). The number of benzene rings is 2. The highest BCUT2D eigenvalue weighted by molar-refractivity contribution is 5.73. The van der Waals surface area contributed by atoms with E-state index in [2.05, 4.69) is 27.1 Å². The van der Waals surface area contributed by atoms with E-state index < -0.39 is 0 Å². The predicted molar refractivity (Wildman–Crippen MR) is 116 cm³/mol. The molecule has 1 N–H and O–H groups in total. The average molecular weight is 384 g/mol. The number of aromatic nitrogens is 2. The predicted octanol–water partition coefficient (Wildman–Crippen LogP) is 3.71. The molecule has 0 aliphatic carbocycles. The molecule has 1 aromatic heterocycles. The summed E-state index contributed by atoms with van der Waals surface area (Å²) >= 11 is 0. The summed E-state index contributed by atoms with van der Waals surface area (Å²) in [7, 11) is 1.93. The molecule has 1 atom stereocenters. The van der Waals surface area contributed by atoms with E-state index in [1.165, 1.54) is 6.92 Å². The van der Waals surface area contributed by atoms with Crippen LogP contribution in [0.25, 0.3) is 0 Å². The van der Waals surface area contributed by atoms with Crippen molar-refractivity contribution in [2.45, 2.75) is 26.3 Å². The van der Waals surface area contributed by atoms with Gasteiger partial charge in [-0.2, -0.15) is 0 Å². The van der Waals surface area contributed by atoms with Gasteiger partial charge in [-0.05, 0) is 55.2 Å². The fourth-order valence-corrected chi connectivity index (χ4v) is 2.96. The minimum atomic E-state index is -0.0119. The van der Waals surface area contributed by atoms with E-state index in [-0.39, 0.29) is 11.9 Å². The van der Waals surface area contributed by atoms with Crippen molar-refractivity contribution in [3.63, 3.8) is 0 Å². The first-order chi connectivity index (χ1) is 14.0. The highest BCUT2D eigenvalue weighted by Crippen LogP contribution is 2.18. The summed E-state index contributed by atoms with van der Waals surface area (Å²) in [6.45, 7) is 3.53. The number of carbonyl (C=O) groups excluding carboxylic acids is 1. The fourth-order valence-electron chi connectivity index (χ4n) is 2.96. The van der Waals surface area contributed by atoms with Gasteiger partial charge >= 0.3 is 0 Å². The molecular weight excluding hydrogens is 360 g/mol. The van der Waals surface area contributed by atoms with Gasteiger partial charge in [0.1, 0.15) is 5.69 Å². The molecule has 5 nitrogen and oxygen atoms in total. The summed E-state index contributed by atoms with van der Waals surface area (Å²) in [5, 5.41) is 2.89. The first-order valence-electron chi connectivity index (χ1n) is 9.51. The van der Waals surface area contributed by atoms with Gasteiger partial charge in [-0.3, -0.25) is 4.79 Å². The molecule has 2 aromatic carbocycles. The third kappa shape index (κ3) is 5.91. The SMILES string of the molecule is CC(=O)NC(C)Cc1ccc(C#Cc2ccnc(N(C)c3ccccc3)n2)cc1. The van der Waals surface area contributed by atoms with Crippen molar-refractivity contribution < 1.29 is 4.79 Å². The molecule has 29 heavy (non-hydrogen) atoms. The van der Waals surface area contributed by atoms with Crippen molar-refractivity contribution in [1.29, 1.82) is 0 Å². The lowest BCUT2D eigenvalue weighted by molar-refractivity contribution is -0.119. The Morgan fingerprint density at radius 2 is 1.79 bits per heavy atom. The minimum absolute atomic E-state index is 0.0119. The Morgan fingerprint density at radius 3 is 2.48 bits per heavy atom. The van der Waals surface area contributed by atoms with Crippen molar-refractivity contribution in [2.24, 2.45) is 0 Å². The molecule has 0 bridgehead atoms. The molecule has 3 aromatic rings. The number of hydrogen-bond donors (Lipinski definition) is 1. The van der Waals surface area contributed by atoms with Crippen LogP contribution in [-0.4, -0.2) is 29.0 Å². The molecular formula is C24H24N4O. The number of nitrogens with one attached hydrogen (secondary N) is 1. The lowest BCUT2D eigenvalue weighted by Crippen LogP contribution is -2.31. The molecule has 146 valence electrons. The summed E-state index contributed by atoms with van der Waals surface area (Å²) in [5.41, 5.74) is 3.76. The number of carbonyl (C=O) groups is 1. The Bertz CT molecular complexity index is 1020. The second-order valence-corrected chi connectivity index (χ2v) is 6.89. The van der Waals surface area contributed by atoms with Crippen molar-refractivity contribution in [3.8, 4) is 11.8 Å². The maximum Gasteiger partial charge on any atom is 0.230 e. The highest BCUT2D eigenvalue weighted by atomic mass is 16.1. The van der Waals surface area contributed by atoms with Gasteiger partial charge < -0.3 is 10.2 Å². The molecule has 0 saturated heterocycles. The molecule has 0 saturated carbocycles. The van der Waals surface area contributed by atoms with Gasteiger partial charge in [-0.25, -0.2) is 9.97 Å². The van der Waals surface area contributed by atoms with Gasteiger partial charge in [0.2, 0.25) is 11.9 Å². The van der Waals surface area contributed by atoms with Gasteiger partial charge in [0.05, 0.1) is 0 Å². The molecule has 0 aliphatic heterocycles. The summed E-state index contributed by atoms with van der Waals surface area (Å²) < 4.78 is 0. The van der Waals surface area contributed by atoms with Gasteiger partial charge in [0.25, 0.3) is 0 Å². The molecule has 5 heteroatoms. The Hall–Kier alpha value is -3.65. The maximum absolute atomic E-state index is 11.1. The molecule has 1 heterocycles. The third-order valence-electron chi connectivity index (χ3n) is 4.37. The van der Waals surface area contributed by atoms with Crippen LogP contribution in [0.2, 0.25) is 0 Å². The Kier molecular flexibility index (Phi) is 6.59. The van der Waals surface area contributed by atoms with Crippen LogP contribution in [0.1, 0.15) is 30.7 Å². The minimum Gasteiger partial charge on any atom is -0.354 e. The number of nitrogens with zero attached hydrogens (tertiary/aromatic N) is 3. The van der Waals surface area contributed by atoms with Crippen LogP contribution < -0.4 is 10.2 Å². The van der Waals surface area contributed by atoms with E-state index in [0.717, 1.165) is 23.2 Å². The molecule has 0 aliphatic rings. The topological polar surface area (TPSA) is 58.1 Å². The van der Waals surface area contributed by atoms with Gasteiger partial charge in [0.15, 0.2) is 0 Å². The molecule has 0 radical (unpaired) electrons. The first-order valence-corrected chi connectivity index (χ1v) is 9.51. The van der Waals surface area contributed by atoms with Crippen LogP contribution in [0.15, 0.2) is 66.9 Å². The maximum atomic E-state index is 11.1. The average Bonchev–Trinajstić information content (AvgIpc) is 2.73. The number of hydrogen-bond acceptors (Lipinski definition) is 4. The lowest BCUT2D eigenvalue weighted by atomic mass is 10.1. The van der Waals surface area contributed by atoms with Crippen LogP contribution in [0, 0.1) is 11.8 Å². The third-order valence-corrected chi connectivity index (χ3v) is 4.37. The van der Waals surface area contributed by atoms with Crippen molar-refractivity contribution in [2.75, 3.05) is 11.9 Å². The van der Waals surface area contributed by atoms with Crippen molar-refractivity contribution in [3.05, 3.63) is 83.7 Å². The standard InChI is InChI=1S/C24H24N4O/c1-18(26-19(2)29)17-21-11-9-20(10-12-21)13-14-22-15-16-25-24(27-22)28(3)23-7-5-4-6-8-23/h4-12,15-16,18H,17H2,1-3H3,(H,26,29). The van der Waals surface area contributed by atoms with E-state index in [1.807, 2.05) is 73.5 Å². The van der Waals surface area contributed by atoms with Gasteiger partial charge in [-0.1, -0.05) is 36.3 Å². The second kappa shape index (κ2) is 9.52. The van der Waals surface area contributed by atoms with Crippen LogP contribution in [-0.2, 0) is 11.2 Å². The van der Waals surface area contributed by atoms with E-state index >= 15 is 0 Å².